The predicted molar refractivity (Wildman–Crippen MR) is 90.0 cm³/mol. The molecule has 1 unspecified atom stereocenters. The Morgan fingerprint density at radius 3 is 2.76 bits per heavy atom. The fourth-order valence-electron chi connectivity index (χ4n) is 3.21. The number of rotatable bonds is 7. The molecule has 0 spiro atoms. The van der Waals surface area contributed by atoms with Crippen LogP contribution in [0.4, 0.5) is 0 Å². The molecule has 2 rings (SSSR count). The first-order valence-corrected chi connectivity index (χ1v) is 8.56. The van der Waals surface area contributed by atoms with E-state index in [0.29, 0.717) is 18.5 Å². The van der Waals surface area contributed by atoms with E-state index in [1.807, 2.05) is 0 Å². The maximum absolute atomic E-state index is 12.9. The van der Waals surface area contributed by atoms with Gasteiger partial charge in [-0.15, -0.1) is 0 Å². The summed E-state index contributed by atoms with van der Waals surface area (Å²) in [6.45, 7) is 2.29. The van der Waals surface area contributed by atoms with Crippen molar-refractivity contribution in [1.29, 1.82) is 0 Å². The molecular formula is C18H25NO6. The van der Waals surface area contributed by atoms with Gasteiger partial charge in [-0.2, -0.15) is 0 Å². The topological polar surface area (TPSA) is 107 Å². The van der Waals surface area contributed by atoms with E-state index in [1.165, 1.54) is 17.0 Å². The number of ether oxygens (including phenoxy) is 1. The summed E-state index contributed by atoms with van der Waals surface area (Å²) in [5.74, 6) is -1.34. The number of carbonyl (C=O) groups excluding carboxylic acids is 2. The van der Waals surface area contributed by atoms with Crippen LogP contribution in [0.3, 0.4) is 0 Å². The lowest BCUT2D eigenvalue weighted by atomic mass is 9.94. The minimum absolute atomic E-state index is 0.0618. The van der Waals surface area contributed by atoms with Gasteiger partial charge in [0.2, 0.25) is 5.91 Å². The molecule has 7 nitrogen and oxygen atoms in total. The molecule has 0 bridgehead atoms. The van der Waals surface area contributed by atoms with Crippen LogP contribution in [-0.4, -0.2) is 57.9 Å². The van der Waals surface area contributed by atoms with E-state index in [4.69, 9.17) is 4.74 Å². The van der Waals surface area contributed by atoms with Crippen LogP contribution in [0.2, 0.25) is 0 Å². The van der Waals surface area contributed by atoms with E-state index >= 15 is 0 Å². The summed E-state index contributed by atoms with van der Waals surface area (Å²) >= 11 is 0. The van der Waals surface area contributed by atoms with Crippen molar-refractivity contribution >= 4 is 11.9 Å². The van der Waals surface area contributed by atoms with Crippen molar-refractivity contribution in [3.63, 3.8) is 0 Å². The third-order valence-corrected chi connectivity index (χ3v) is 4.46. The van der Waals surface area contributed by atoms with Gasteiger partial charge in [-0.3, -0.25) is 4.79 Å². The van der Waals surface area contributed by atoms with Crippen molar-refractivity contribution < 1.29 is 29.6 Å². The van der Waals surface area contributed by atoms with Gasteiger partial charge < -0.3 is 25.0 Å². The first-order chi connectivity index (χ1) is 12.0. The number of benzene rings is 1. The largest absolute Gasteiger partial charge is 0.508 e. The zero-order chi connectivity index (χ0) is 18.4. The van der Waals surface area contributed by atoms with Crippen LogP contribution in [0, 0.1) is 5.92 Å². The number of aliphatic hydroxyl groups is 1. The van der Waals surface area contributed by atoms with Crippen molar-refractivity contribution in [3.05, 3.63) is 23.8 Å². The molecule has 1 amide bonds. The monoisotopic (exact) mass is 351 g/mol. The molecule has 1 aromatic rings. The van der Waals surface area contributed by atoms with E-state index in [-0.39, 0.29) is 43.5 Å². The quantitative estimate of drug-likeness (QED) is 0.637. The lowest BCUT2D eigenvalue weighted by Gasteiger charge is -2.27. The summed E-state index contributed by atoms with van der Waals surface area (Å²) in [5.41, 5.74) is 0.511. The minimum Gasteiger partial charge on any atom is -0.508 e. The molecule has 1 aliphatic rings. The number of aliphatic hydroxyl groups excluding tert-OH is 1. The Balaban J connectivity index is 2.15. The maximum atomic E-state index is 12.9. The molecule has 0 radical (unpaired) electrons. The molecule has 2 atom stereocenters. The molecule has 1 aromatic carbocycles. The number of hydrogen-bond donors (Lipinski definition) is 3. The van der Waals surface area contributed by atoms with Crippen LogP contribution in [0.15, 0.2) is 18.2 Å². The summed E-state index contributed by atoms with van der Waals surface area (Å²) in [4.78, 5) is 26.5. The second kappa shape index (κ2) is 8.71. The third-order valence-electron chi connectivity index (χ3n) is 4.46. The Hall–Kier alpha value is -2.28. The van der Waals surface area contributed by atoms with Gasteiger partial charge in [0.1, 0.15) is 17.5 Å². The van der Waals surface area contributed by atoms with Crippen molar-refractivity contribution in [2.24, 2.45) is 5.92 Å². The molecular weight excluding hydrogens is 326 g/mol. The summed E-state index contributed by atoms with van der Waals surface area (Å²) in [6, 6.07) is 3.62. The number of hydrogen-bond acceptors (Lipinski definition) is 6. The second-order valence-electron chi connectivity index (χ2n) is 6.17. The number of nitrogens with zero attached hydrogens (tertiary/aromatic N) is 1. The van der Waals surface area contributed by atoms with Gasteiger partial charge in [0.15, 0.2) is 0 Å². The van der Waals surface area contributed by atoms with Gasteiger partial charge in [-0.05, 0) is 44.2 Å². The Morgan fingerprint density at radius 2 is 2.12 bits per heavy atom. The van der Waals surface area contributed by atoms with E-state index in [1.54, 1.807) is 13.0 Å². The zero-order valence-corrected chi connectivity index (χ0v) is 14.4. The number of likely N-dealkylation sites (tertiary alicyclic amines) is 1. The highest BCUT2D eigenvalue weighted by atomic mass is 16.5. The molecule has 25 heavy (non-hydrogen) atoms. The molecule has 1 heterocycles. The molecule has 7 heteroatoms. The number of phenols is 2. The lowest BCUT2D eigenvalue weighted by molar-refractivity contribution is -0.154. The number of carbonyl (C=O) groups is 2. The van der Waals surface area contributed by atoms with Gasteiger partial charge in [0, 0.05) is 25.1 Å². The smallest absolute Gasteiger partial charge is 0.328 e. The van der Waals surface area contributed by atoms with Crippen molar-refractivity contribution in [3.8, 4) is 11.5 Å². The normalized spacial score (nSPS) is 18.2. The van der Waals surface area contributed by atoms with Crippen LogP contribution >= 0.6 is 0 Å². The van der Waals surface area contributed by atoms with E-state index in [0.717, 1.165) is 6.42 Å². The highest BCUT2D eigenvalue weighted by Gasteiger charge is 2.37. The van der Waals surface area contributed by atoms with Crippen LogP contribution in [0.25, 0.3) is 0 Å². The van der Waals surface area contributed by atoms with Crippen LogP contribution < -0.4 is 0 Å². The average molecular weight is 351 g/mol. The summed E-state index contributed by atoms with van der Waals surface area (Å²) < 4.78 is 5.05. The SMILES string of the molecule is CCOC(=O)[C@@H]1CCCN1C(=O)C(CCO)Cc1ccc(O)cc1O. The molecule has 0 aromatic heterocycles. The number of esters is 1. The third kappa shape index (κ3) is 4.63. The van der Waals surface area contributed by atoms with Crippen LogP contribution in [-0.2, 0) is 20.7 Å². The highest BCUT2D eigenvalue weighted by Crippen LogP contribution is 2.28. The highest BCUT2D eigenvalue weighted by molar-refractivity contribution is 5.86. The van der Waals surface area contributed by atoms with Gasteiger partial charge in [0.25, 0.3) is 0 Å². The van der Waals surface area contributed by atoms with Crippen molar-refractivity contribution in [1.82, 2.24) is 4.90 Å². The first-order valence-electron chi connectivity index (χ1n) is 8.56. The maximum Gasteiger partial charge on any atom is 0.328 e. The molecule has 1 fully saturated rings. The molecule has 0 aliphatic carbocycles. The number of aromatic hydroxyl groups is 2. The Kier molecular flexibility index (Phi) is 6.64. The Bertz CT molecular complexity index is 618. The van der Waals surface area contributed by atoms with E-state index in [2.05, 4.69) is 0 Å². The van der Waals surface area contributed by atoms with E-state index in [9.17, 15) is 24.9 Å². The molecule has 1 saturated heterocycles. The van der Waals surface area contributed by atoms with Crippen LogP contribution in [0.5, 0.6) is 11.5 Å². The van der Waals surface area contributed by atoms with Crippen molar-refractivity contribution in [2.45, 2.75) is 38.6 Å². The molecule has 1 aliphatic heterocycles. The zero-order valence-electron chi connectivity index (χ0n) is 14.4. The Labute approximate surface area is 146 Å². The summed E-state index contributed by atoms with van der Waals surface area (Å²) in [5, 5.41) is 28.6. The fraction of sp³-hybridized carbons (Fsp3) is 0.556. The summed E-state index contributed by atoms with van der Waals surface area (Å²) in [6.07, 6.45) is 1.75. The van der Waals surface area contributed by atoms with Crippen LogP contribution in [0.1, 0.15) is 31.7 Å². The summed E-state index contributed by atoms with van der Waals surface area (Å²) in [7, 11) is 0. The first kappa shape index (κ1) is 19.1. The van der Waals surface area contributed by atoms with Gasteiger partial charge in [0.05, 0.1) is 6.61 Å². The van der Waals surface area contributed by atoms with E-state index < -0.39 is 17.9 Å². The molecule has 0 saturated carbocycles. The minimum atomic E-state index is -0.581. The second-order valence-corrected chi connectivity index (χ2v) is 6.17. The molecule has 3 N–H and O–H groups in total. The standard InChI is InChI=1S/C18H25NO6/c1-2-25-18(24)15-4-3-8-19(15)17(23)13(7-9-20)10-12-5-6-14(21)11-16(12)22/h5-6,11,13,15,20-22H,2-4,7-10H2,1H3/t13?,15-/m0/s1. The van der Waals surface area contributed by atoms with Crippen molar-refractivity contribution in [2.75, 3.05) is 19.8 Å². The molecule has 138 valence electrons. The average Bonchev–Trinajstić information content (AvgIpc) is 3.06. The Morgan fingerprint density at radius 1 is 1.36 bits per heavy atom. The predicted octanol–water partition coefficient (Wildman–Crippen LogP) is 1.19. The van der Waals surface area contributed by atoms with Gasteiger partial charge in [-0.25, -0.2) is 4.79 Å². The van der Waals surface area contributed by atoms with Gasteiger partial charge >= 0.3 is 5.97 Å². The fourth-order valence-corrected chi connectivity index (χ4v) is 3.21. The lowest BCUT2D eigenvalue weighted by Crippen LogP contribution is -2.45. The number of amides is 1. The number of phenolic OH excluding ortho intramolecular Hbond substituents is 2. The van der Waals surface area contributed by atoms with Gasteiger partial charge in [-0.1, -0.05) is 6.07 Å².